The average molecular weight is 364 g/mol. The van der Waals surface area contributed by atoms with E-state index in [-0.39, 0.29) is 11.5 Å². The standard InChI is InChI=1S/C22H37NO3/c1-3-5-7-9-10-11-13-15-20(23-26)19-16-18(14-12-8-6-4-2)21(24)17-22(19)25/h16-17,24-26H,3-15H2,1-2H3/b23-20-. The van der Waals surface area contributed by atoms with Crippen molar-refractivity contribution in [2.24, 2.45) is 5.16 Å². The van der Waals surface area contributed by atoms with Gasteiger partial charge < -0.3 is 15.4 Å². The van der Waals surface area contributed by atoms with E-state index in [1.165, 1.54) is 51.0 Å². The van der Waals surface area contributed by atoms with E-state index < -0.39 is 0 Å². The molecule has 0 saturated carbocycles. The number of aryl methyl sites for hydroxylation is 1. The van der Waals surface area contributed by atoms with Crippen LogP contribution in [0.5, 0.6) is 11.5 Å². The molecule has 1 aromatic rings. The Morgan fingerprint density at radius 2 is 1.35 bits per heavy atom. The molecule has 0 fully saturated rings. The van der Waals surface area contributed by atoms with Crippen LogP contribution in [0, 0.1) is 0 Å². The van der Waals surface area contributed by atoms with Crippen LogP contribution in [0.2, 0.25) is 0 Å². The van der Waals surface area contributed by atoms with Crippen molar-refractivity contribution in [3.05, 3.63) is 23.3 Å². The van der Waals surface area contributed by atoms with Crippen LogP contribution in [0.15, 0.2) is 17.3 Å². The van der Waals surface area contributed by atoms with E-state index in [1.807, 2.05) is 0 Å². The van der Waals surface area contributed by atoms with Crippen molar-refractivity contribution in [3.63, 3.8) is 0 Å². The zero-order valence-corrected chi connectivity index (χ0v) is 16.6. The first-order chi connectivity index (χ1) is 12.6. The molecule has 1 aromatic carbocycles. The van der Waals surface area contributed by atoms with Gasteiger partial charge in [-0.25, -0.2) is 0 Å². The number of nitrogens with zero attached hydrogens (tertiary/aromatic N) is 1. The monoisotopic (exact) mass is 363 g/mol. The minimum atomic E-state index is -0.0180. The Morgan fingerprint density at radius 3 is 1.96 bits per heavy atom. The maximum atomic E-state index is 10.2. The van der Waals surface area contributed by atoms with Crippen LogP contribution >= 0.6 is 0 Å². The number of benzene rings is 1. The number of phenols is 2. The largest absolute Gasteiger partial charge is 0.508 e. The predicted octanol–water partition coefficient (Wildman–Crippen LogP) is 6.54. The molecular formula is C22H37NO3. The zero-order chi connectivity index (χ0) is 19.2. The Morgan fingerprint density at radius 1 is 0.769 bits per heavy atom. The number of hydrogen-bond donors (Lipinski definition) is 3. The molecule has 0 aliphatic heterocycles. The maximum Gasteiger partial charge on any atom is 0.128 e. The number of hydrogen-bond acceptors (Lipinski definition) is 4. The lowest BCUT2D eigenvalue weighted by Gasteiger charge is -2.12. The van der Waals surface area contributed by atoms with E-state index in [4.69, 9.17) is 0 Å². The summed E-state index contributed by atoms with van der Waals surface area (Å²) in [5, 5.41) is 33.1. The molecule has 148 valence electrons. The van der Waals surface area contributed by atoms with Gasteiger partial charge in [0.1, 0.15) is 11.5 Å². The lowest BCUT2D eigenvalue weighted by Crippen LogP contribution is -2.03. The van der Waals surface area contributed by atoms with Gasteiger partial charge in [0.25, 0.3) is 0 Å². The van der Waals surface area contributed by atoms with E-state index in [2.05, 4.69) is 19.0 Å². The van der Waals surface area contributed by atoms with Crippen molar-refractivity contribution in [1.29, 1.82) is 0 Å². The SMILES string of the molecule is CCCCCCCCC/C(=N/O)c1cc(CCCCCC)c(O)cc1O. The van der Waals surface area contributed by atoms with E-state index in [0.717, 1.165) is 37.7 Å². The first kappa shape index (κ1) is 22.3. The highest BCUT2D eigenvalue weighted by Crippen LogP contribution is 2.30. The van der Waals surface area contributed by atoms with Gasteiger partial charge in [-0.2, -0.15) is 0 Å². The molecule has 0 unspecified atom stereocenters. The normalized spacial score (nSPS) is 11.8. The number of aromatic hydroxyl groups is 2. The summed E-state index contributed by atoms with van der Waals surface area (Å²) in [6.45, 7) is 4.39. The molecule has 0 aliphatic carbocycles. The van der Waals surface area contributed by atoms with Crippen LogP contribution in [0.3, 0.4) is 0 Å². The minimum Gasteiger partial charge on any atom is -0.508 e. The minimum absolute atomic E-state index is 0.0180. The molecule has 4 heteroatoms. The van der Waals surface area contributed by atoms with Crippen molar-refractivity contribution < 1.29 is 15.4 Å². The summed E-state index contributed by atoms with van der Waals surface area (Å²) in [4.78, 5) is 0. The quantitative estimate of drug-likeness (QED) is 0.152. The average Bonchev–Trinajstić information content (AvgIpc) is 2.63. The molecule has 3 N–H and O–H groups in total. The third-order valence-corrected chi connectivity index (χ3v) is 4.95. The Labute approximate surface area is 159 Å². The molecule has 4 nitrogen and oxygen atoms in total. The molecule has 26 heavy (non-hydrogen) atoms. The fraction of sp³-hybridized carbons (Fsp3) is 0.682. The summed E-state index contributed by atoms with van der Waals surface area (Å²) in [5.74, 6) is 0.103. The summed E-state index contributed by atoms with van der Waals surface area (Å²) in [7, 11) is 0. The Bertz CT molecular complexity index is 540. The van der Waals surface area contributed by atoms with E-state index in [0.29, 0.717) is 17.7 Å². The molecule has 0 heterocycles. The lowest BCUT2D eigenvalue weighted by molar-refractivity contribution is 0.317. The second-order valence-corrected chi connectivity index (χ2v) is 7.23. The molecule has 0 amide bonds. The van der Waals surface area contributed by atoms with Crippen molar-refractivity contribution in [2.75, 3.05) is 0 Å². The Balaban J connectivity index is 2.60. The molecule has 0 atom stereocenters. The van der Waals surface area contributed by atoms with Crippen LogP contribution in [0.1, 0.15) is 102 Å². The molecular weight excluding hydrogens is 326 g/mol. The highest BCUT2D eigenvalue weighted by atomic mass is 16.4. The van der Waals surface area contributed by atoms with Gasteiger partial charge in [0.05, 0.1) is 5.71 Å². The first-order valence-corrected chi connectivity index (χ1v) is 10.4. The fourth-order valence-electron chi connectivity index (χ4n) is 3.28. The summed E-state index contributed by atoms with van der Waals surface area (Å²) in [5.41, 5.74) is 1.86. The highest BCUT2D eigenvalue weighted by molar-refractivity contribution is 6.02. The van der Waals surface area contributed by atoms with Crippen molar-refractivity contribution in [2.45, 2.75) is 97.3 Å². The molecule has 0 aromatic heterocycles. The molecule has 0 saturated heterocycles. The molecule has 0 spiro atoms. The van der Waals surface area contributed by atoms with Gasteiger partial charge in [-0.1, -0.05) is 76.8 Å². The summed E-state index contributed by atoms with van der Waals surface area (Å²) in [6, 6.07) is 3.16. The number of oxime groups is 1. The summed E-state index contributed by atoms with van der Waals surface area (Å²) in [6.07, 6.45) is 14.2. The van der Waals surface area contributed by atoms with Crippen LogP contribution < -0.4 is 0 Å². The van der Waals surface area contributed by atoms with E-state index >= 15 is 0 Å². The van der Waals surface area contributed by atoms with Crippen LogP contribution in [0.4, 0.5) is 0 Å². The van der Waals surface area contributed by atoms with Gasteiger partial charge >= 0.3 is 0 Å². The lowest BCUT2D eigenvalue weighted by atomic mass is 9.97. The van der Waals surface area contributed by atoms with Crippen LogP contribution in [-0.4, -0.2) is 21.1 Å². The first-order valence-electron chi connectivity index (χ1n) is 10.4. The van der Waals surface area contributed by atoms with Gasteiger partial charge in [-0.05, 0) is 37.3 Å². The Hall–Kier alpha value is -1.71. The van der Waals surface area contributed by atoms with Gasteiger partial charge in [0.15, 0.2) is 0 Å². The van der Waals surface area contributed by atoms with Crippen molar-refractivity contribution in [3.8, 4) is 11.5 Å². The van der Waals surface area contributed by atoms with Crippen molar-refractivity contribution in [1.82, 2.24) is 0 Å². The molecule has 0 bridgehead atoms. The van der Waals surface area contributed by atoms with Crippen LogP contribution in [0.25, 0.3) is 0 Å². The molecule has 0 aliphatic rings. The van der Waals surface area contributed by atoms with Gasteiger partial charge in [-0.3, -0.25) is 0 Å². The third kappa shape index (κ3) is 8.11. The molecule has 0 radical (unpaired) electrons. The van der Waals surface area contributed by atoms with E-state index in [1.54, 1.807) is 6.07 Å². The second kappa shape index (κ2) is 13.5. The van der Waals surface area contributed by atoms with Gasteiger partial charge in [0, 0.05) is 11.6 Å². The summed E-state index contributed by atoms with van der Waals surface area (Å²) < 4.78 is 0. The number of rotatable bonds is 14. The third-order valence-electron chi connectivity index (χ3n) is 4.95. The zero-order valence-electron chi connectivity index (χ0n) is 16.6. The van der Waals surface area contributed by atoms with Gasteiger partial charge in [0.2, 0.25) is 0 Å². The predicted molar refractivity (Wildman–Crippen MR) is 109 cm³/mol. The summed E-state index contributed by atoms with van der Waals surface area (Å²) >= 11 is 0. The highest BCUT2D eigenvalue weighted by Gasteiger charge is 2.14. The van der Waals surface area contributed by atoms with Crippen molar-refractivity contribution >= 4 is 5.71 Å². The van der Waals surface area contributed by atoms with E-state index in [9.17, 15) is 15.4 Å². The number of unbranched alkanes of at least 4 members (excludes halogenated alkanes) is 9. The second-order valence-electron chi connectivity index (χ2n) is 7.23. The topological polar surface area (TPSA) is 73.1 Å². The smallest absolute Gasteiger partial charge is 0.128 e. The van der Waals surface area contributed by atoms with Crippen LogP contribution in [-0.2, 0) is 6.42 Å². The van der Waals surface area contributed by atoms with Gasteiger partial charge in [-0.15, -0.1) is 0 Å². The fourth-order valence-corrected chi connectivity index (χ4v) is 3.28. The molecule has 1 rings (SSSR count). The Kier molecular flexibility index (Phi) is 11.6. The maximum absolute atomic E-state index is 10.2. The number of phenolic OH excluding ortho intramolecular Hbond substituents is 2.